The number of hydrogen-bond acceptors (Lipinski definition) is 3. The van der Waals surface area contributed by atoms with E-state index >= 15 is 0 Å². The Labute approximate surface area is 143 Å². The molecule has 23 heavy (non-hydrogen) atoms. The van der Waals surface area contributed by atoms with Gasteiger partial charge in [-0.05, 0) is 37.2 Å². The highest BCUT2D eigenvalue weighted by molar-refractivity contribution is 6.31. The van der Waals surface area contributed by atoms with Crippen LogP contribution in [0.3, 0.4) is 0 Å². The lowest BCUT2D eigenvalue weighted by molar-refractivity contribution is 0.302. The topological polar surface area (TPSA) is 24.5 Å². The fourth-order valence-corrected chi connectivity index (χ4v) is 3.17. The van der Waals surface area contributed by atoms with Crippen LogP contribution in [0.2, 0.25) is 5.02 Å². The lowest BCUT2D eigenvalue weighted by atomic mass is 10.2. The highest BCUT2D eigenvalue weighted by Crippen LogP contribution is 2.21. The first-order valence-corrected chi connectivity index (χ1v) is 8.47. The number of rotatable bonds is 6. The molecule has 2 aromatic carbocycles. The molecule has 1 heterocycles. The largest absolute Gasteiger partial charge is 0.489 e. The molecule has 1 N–H and O–H groups in total. The molecule has 0 spiro atoms. The van der Waals surface area contributed by atoms with Crippen LogP contribution in [0.5, 0.6) is 5.75 Å². The molecule has 0 radical (unpaired) electrons. The lowest BCUT2D eigenvalue weighted by Gasteiger charge is -2.16. The summed E-state index contributed by atoms with van der Waals surface area (Å²) in [6, 6.07) is 16.8. The Bertz CT molecular complexity index is 647. The summed E-state index contributed by atoms with van der Waals surface area (Å²) in [4.78, 5) is 2.48. The first-order chi connectivity index (χ1) is 11.2. The Morgan fingerprint density at radius 1 is 1.22 bits per heavy atom. The molecule has 1 aliphatic heterocycles. The predicted molar refractivity (Wildman–Crippen MR) is 95.0 cm³/mol. The summed E-state index contributed by atoms with van der Waals surface area (Å²) in [7, 11) is 2.04. The second-order valence-electron chi connectivity index (χ2n) is 6.04. The van der Waals surface area contributed by atoms with Crippen LogP contribution < -0.4 is 10.1 Å². The van der Waals surface area contributed by atoms with Gasteiger partial charge in [0, 0.05) is 36.3 Å². The van der Waals surface area contributed by atoms with Crippen molar-refractivity contribution in [3.05, 3.63) is 64.7 Å². The third-order valence-electron chi connectivity index (χ3n) is 4.34. The number of likely N-dealkylation sites (tertiary alicyclic amines) is 1. The molecular formula is C19H23ClN2O. The van der Waals surface area contributed by atoms with Crippen molar-refractivity contribution in [1.29, 1.82) is 0 Å². The summed E-state index contributed by atoms with van der Waals surface area (Å²) in [5.41, 5.74) is 2.30. The minimum atomic E-state index is 0.495. The van der Waals surface area contributed by atoms with Crippen LogP contribution in [0.4, 0.5) is 0 Å². The SMILES string of the molecule is CN[C@H]1CCN(Cc2cccc(OCc3ccccc3Cl)c2)C1. The molecule has 4 heteroatoms. The molecule has 1 saturated heterocycles. The zero-order valence-corrected chi connectivity index (χ0v) is 14.2. The summed E-state index contributed by atoms with van der Waals surface area (Å²) < 4.78 is 5.91. The van der Waals surface area contributed by atoms with E-state index in [1.54, 1.807) is 0 Å². The Morgan fingerprint density at radius 2 is 2.09 bits per heavy atom. The number of ether oxygens (including phenoxy) is 1. The molecule has 3 nitrogen and oxygen atoms in total. The van der Waals surface area contributed by atoms with Crippen molar-refractivity contribution in [1.82, 2.24) is 10.2 Å². The molecule has 122 valence electrons. The fourth-order valence-electron chi connectivity index (χ4n) is 2.98. The van der Waals surface area contributed by atoms with Gasteiger partial charge in [-0.1, -0.05) is 41.9 Å². The summed E-state index contributed by atoms with van der Waals surface area (Å²) in [5, 5.41) is 4.10. The summed E-state index contributed by atoms with van der Waals surface area (Å²) >= 11 is 6.17. The van der Waals surface area contributed by atoms with Gasteiger partial charge in [-0.2, -0.15) is 0 Å². The maximum absolute atomic E-state index is 6.17. The van der Waals surface area contributed by atoms with Crippen molar-refractivity contribution in [3.8, 4) is 5.75 Å². The van der Waals surface area contributed by atoms with Crippen LogP contribution >= 0.6 is 11.6 Å². The van der Waals surface area contributed by atoms with Crippen molar-refractivity contribution in [2.24, 2.45) is 0 Å². The quantitative estimate of drug-likeness (QED) is 0.873. The molecule has 3 rings (SSSR count). The number of halogens is 1. The first kappa shape index (κ1) is 16.3. The van der Waals surface area contributed by atoms with Crippen molar-refractivity contribution in [2.75, 3.05) is 20.1 Å². The van der Waals surface area contributed by atoms with E-state index in [0.717, 1.165) is 36.0 Å². The van der Waals surface area contributed by atoms with E-state index < -0.39 is 0 Å². The van der Waals surface area contributed by atoms with E-state index in [1.165, 1.54) is 12.0 Å². The van der Waals surface area contributed by atoms with Gasteiger partial charge in [0.05, 0.1) is 0 Å². The normalized spacial score (nSPS) is 18.3. The predicted octanol–water partition coefficient (Wildman–Crippen LogP) is 3.71. The smallest absolute Gasteiger partial charge is 0.120 e. The van der Waals surface area contributed by atoms with E-state index in [9.17, 15) is 0 Å². The van der Waals surface area contributed by atoms with Crippen molar-refractivity contribution >= 4 is 11.6 Å². The zero-order chi connectivity index (χ0) is 16.1. The maximum Gasteiger partial charge on any atom is 0.120 e. The minimum absolute atomic E-state index is 0.495. The lowest BCUT2D eigenvalue weighted by Crippen LogP contribution is -2.29. The summed E-state index contributed by atoms with van der Waals surface area (Å²) in [6.45, 7) is 3.73. The van der Waals surface area contributed by atoms with Gasteiger partial charge in [-0.15, -0.1) is 0 Å². The molecule has 1 aliphatic rings. The van der Waals surface area contributed by atoms with Gasteiger partial charge in [-0.25, -0.2) is 0 Å². The highest BCUT2D eigenvalue weighted by Gasteiger charge is 2.20. The Kier molecular flexibility index (Phi) is 5.55. The van der Waals surface area contributed by atoms with Crippen LogP contribution in [0.15, 0.2) is 48.5 Å². The van der Waals surface area contributed by atoms with Gasteiger partial charge >= 0.3 is 0 Å². The molecule has 1 atom stereocenters. The third kappa shape index (κ3) is 4.47. The Morgan fingerprint density at radius 3 is 2.87 bits per heavy atom. The van der Waals surface area contributed by atoms with Crippen LogP contribution in [-0.4, -0.2) is 31.1 Å². The monoisotopic (exact) mass is 330 g/mol. The van der Waals surface area contributed by atoms with Crippen LogP contribution in [-0.2, 0) is 13.2 Å². The number of likely N-dealkylation sites (N-methyl/N-ethyl adjacent to an activating group) is 1. The van der Waals surface area contributed by atoms with Gasteiger partial charge in [-0.3, -0.25) is 4.90 Å². The Hall–Kier alpha value is -1.55. The summed E-state index contributed by atoms with van der Waals surface area (Å²) in [6.07, 6.45) is 1.22. The Balaban J connectivity index is 1.58. The highest BCUT2D eigenvalue weighted by atomic mass is 35.5. The average molecular weight is 331 g/mol. The van der Waals surface area contributed by atoms with E-state index in [0.29, 0.717) is 12.6 Å². The van der Waals surface area contributed by atoms with E-state index in [1.807, 2.05) is 37.4 Å². The fraction of sp³-hybridized carbons (Fsp3) is 0.368. The standard InChI is InChI=1S/C19H23ClN2O/c1-21-17-9-10-22(13-17)12-15-5-4-7-18(11-15)23-14-16-6-2-3-8-19(16)20/h2-8,11,17,21H,9-10,12-14H2,1H3/t17-/m0/s1. The first-order valence-electron chi connectivity index (χ1n) is 8.09. The van der Waals surface area contributed by atoms with Gasteiger partial charge in [0.1, 0.15) is 12.4 Å². The number of hydrogen-bond donors (Lipinski definition) is 1. The van der Waals surface area contributed by atoms with Gasteiger partial charge < -0.3 is 10.1 Å². The van der Waals surface area contributed by atoms with Gasteiger partial charge in [0.15, 0.2) is 0 Å². The van der Waals surface area contributed by atoms with Gasteiger partial charge in [0.25, 0.3) is 0 Å². The third-order valence-corrected chi connectivity index (χ3v) is 4.71. The van der Waals surface area contributed by atoms with Crippen molar-refractivity contribution < 1.29 is 4.74 Å². The van der Waals surface area contributed by atoms with Crippen molar-refractivity contribution in [3.63, 3.8) is 0 Å². The van der Waals surface area contributed by atoms with Crippen LogP contribution in [0, 0.1) is 0 Å². The van der Waals surface area contributed by atoms with Crippen LogP contribution in [0.25, 0.3) is 0 Å². The molecule has 0 aliphatic carbocycles. The molecule has 0 aromatic heterocycles. The number of nitrogens with one attached hydrogen (secondary N) is 1. The molecule has 0 unspecified atom stereocenters. The van der Waals surface area contributed by atoms with E-state index in [4.69, 9.17) is 16.3 Å². The maximum atomic E-state index is 6.17. The number of benzene rings is 2. The van der Waals surface area contributed by atoms with Crippen LogP contribution in [0.1, 0.15) is 17.5 Å². The minimum Gasteiger partial charge on any atom is -0.489 e. The molecule has 0 bridgehead atoms. The van der Waals surface area contributed by atoms with Gasteiger partial charge in [0.2, 0.25) is 0 Å². The molecule has 0 saturated carbocycles. The van der Waals surface area contributed by atoms with E-state index in [-0.39, 0.29) is 0 Å². The summed E-state index contributed by atoms with van der Waals surface area (Å²) in [5.74, 6) is 0.895. The van der Waals surface area contributed by atoms with Crippen molar-refractivity contribution in [2.45, 2.75) is 25.6 Å². The van der Waals surface area contributed by atoms with E-state index in [2.05, 4.69) is 28.4 Å². The molecular weight excluding hydrogens is 308 g/mol. The zero-order valence-electron chi connectivity index (χ0n) is 13.5. The molecule has 0 amide bonds. The average Bonchev–Trinajstić information content (AvgIpc) is 3.02. The second-order valence-corrected chi connectivity index (χ2v) is 6.44. The second kappa shape index (κ2) is 7.82. The molecule has 1 fully saturated rings. The molecule has 2 aromatic rings. The number of nitrogens with zero attached hydrogens (tertiary/aromatic N) is 1.